The van der Waals surface area contributed by atoms with Gasteiger partial charge in [-0.3, -0.25) is 14.7 Å². The van der Waals surface area contributed by atoms with Crippen LogP contribution in [0.2, 0.25) is 0 Å². The Morgan fingerprint density at radius 2 is 2.00 bits per heavy atom. The number of pyridine rings is 1. The van der Waals surface area contributed by atoms with Crippen LogP contribution in [-0.2, 0) is 21.4 Å². The second-order valence-corrected chi connectivity index (χ2v) is 9.45. The summed E-state index contributed by atoms with van der Waals surface area (Å²) in [5.41, 5.74) is 1.34. The SMILES string of the molecule is CCOc1cccc2sc(N(Cc3ccccn3)C(=O)CN(C)S(C)(=O)=O)nc12. The van der Waals surface area contributed by atoms with Gasteiger partial charge < -0.3 is 4.74 Å². The number of carbonyl (C=O) groups excluding carboxylic acids is 1. The lowest BCUT2D eigenvalue weighted by Crippen LogP contribution is -2.40. The Labute approximate surface area is 173 Å². The number of benzene rings is 1. The van der Waals surface area contributed by atoms with Crippen molar-refractivity contribution in [2.24, 2.45) is 0 Å². The van der Waals surface area contributed by atoms with Gasteiger partial charge in [0.2, 0.25) is 15.9 Å². The Bertz CT molecular complexity index is 1100. The van der Waals surface area contributed by atoms with Gasteiger partial charge in [0.25, 0.3) is 0 Å². The summed E-state index contributed by atoms with van der Waals surface area (Å²) < 4.78 is 31.0. The zero-order valence-electron chi connectivity index (χ0n) is 16.4. The van der Waals surface area contributed by atoms with Crippen LogP contribution in [0.4, 0.5) is 5.13 Å². The lowest BCUT2D eigenvalue weighted by atomic mass is 10.3. The van der Waals surface area contributed by atoms with Gasteiger partial charge in [0.1, 0.15) is 11.3 Å². The Balaban J connectivity index is 1.99. The molecule has 0 saturated carbocycles. The largest absolute Gasteiger partial charge is 0.492 e. The summed E-state index contributed by atoms with van der Waals surface area (Å²) in [6.07, 6.45) is 2.71. The fraction of sp³-hybridized carbons (Fsp3) is 0.316. The topological polar surface area (TPSA) is 92.7 Å². The highest BCUT2D eigenvalue weighted by atomic mass is 32.2. The van der Waals surface area contributed by atoms with Gasteiger partial charge in [-0.1, -0.05) is 23.5 Å². The van der Waals surface area contributed by atoms with E-state index in [1.54, 1.807) is 18.3 Å². The molecule has 0 aliphatic heterocycles. The second kappa shape index (κ2) is 8.85. The molecule has 0 N–H and O–H groups in total. The van der Waals surface area contributed by atoms with E-state index < -0.39 is 10.0 Å². The minimum Gasteiger partial charge on any atom is -0.492 e. The van der Waals surface area contributed by atoms with Crippen molar-refractivity contribution in [1.29, 1.82) is 0 Å². The molecule has 3 rings (SSSR count). The quantitative estimate of drug-likeness (QED) is 0.541. The van der Waals surface area contributed by atoms with Crippen LogP contribution in [0.5, 0.6) is 5.75 Å². The lowest BCUT2D eigenvalue weighted by Gasteiger charge is -2.22. The number of thiazole rings is 1. The first-order valence-electron chi connectivity index (χ1n) is 8.93. The maximum Gasteiger partial charge on any atom is 0.244 e. The Morgan fingerprint density at radius 1 is 1.21 bits per heavy atom. The number of carbonyl (C=O) groups is 1. The number of para-hydroxylation sites is 1. The monoisotopic (exact) mass is 434 g/mol. The third-order valence-electron chi connectivity index (χ3n) is 4.17. The molecule has 0 bridgehead atoms. The molecule has 2 aromatic heterocycles. The minimum absolute atomic E-state index is 0.182. The van der Waals surface area contributed by atoms with Crippen molar-refractivity contribution in [3.8, 4) is 5.75 Å². The molecule has 0 spiro atoms. The van der Waals surface area contributed by atoms with Gasteiger partial charge in [0, 0.05) is 13.2 Å². The third-order valence-corrected chi connectivity index (χ3v) is 6.48. The van der Waals surface area contributed by atoms with Crippen LogP contribution < -0.4 is 9.64 Å². The summed E-state index contributed by atoms with van der Waals surface area (Å²) in [5, 5.41) is 0.463. The van der Waals surface area contributed by atoms with Crippen LogP contribution in [0.15, 0.2) is 42.6 Å². The predicted molar refractivity (Wildman–Crippen MR) is 114 cm³/mol. The average Bonchev–Trinajstić information content (AvgIpc) is 3.11. The Kier molecular flexibility index (Phi) is 6.46. The maximum absolute atomic E-state index is 13.0. The van der Waals surface area contributed by atoms with E-state index in [1.807, 2.05) is 31.2 Å². The van der Waals surface area contributed by atoms with Gasteiger partial charge in [-0.15, -0.1) is 0 Å². The summed E-state index contributed by atoms with van der Waals surface area (Å²) in [7, 11) is -2.12. The number of anilines is 1. The number of aromatic nitrogens is 2. The molecule has 1 aromatic carbocycles. The first kappa shape index (κ1) is 21.2. The summed E-state index contributed by atoms with van der Waals surface area (Å²) in [4.78, 5) is 23.4. The van der Waals surface area contributed by atoms with Crippen molar-refractivity contribution < 1.29 is 17.9 Å². The fourth-order valence-electron chi connectivity index (χ4n) is 2.61. The number of ether oxygens (including phenoxy) is 1. The highest BCUT2D eigenvalue weighted by molar-refractivity contribution is 7.88. The number of amides is 1. The molecule has 0 atom stereocenters. The van der Waals surface area contributed by atoms with Crippen LogP contribution in [-0.4, -0.2) is 55.1 Å². The van der Waals surface area contributed by atoms with Crippen molar-refractivity contribution in [2.75, 3.05) is 31.4 Å². The molecule has 0 radical (unpaired) electrons. The number of fused-ring (bicyclic) bond motifs is 1. The fourth-order valence-corrected chi connectivity index (χ4v) is 3.95. The molecule has 3 aromatic rings. The van der Waals surface area contributed by atoms with Crippen molar-refractivity contribution in [1.82, 2.24) is 14.3 Å². The van der Waals surface area contributed by atoms with Crippen molar-refractivity contribution in [2.45, 2.75) is 13.5 Å². The number of hydrogen-bond donors (Lipinski definition) is 0. The molecular formula is C19H22N4O4S2. The van der Waals surface area contributed by atoms with Crippen molar-refractivity contribution >= 4 is 42.6 Å². The molecule has 0 aliphatic carbocycles. The molecule has 0 aliphatic rings. The van der Waals surface area contributed by atoms with E-state index in [0.29, 0.717) is 28.7 Å². The molecule has 2 heterocycles. The third kappa shape index (κ3) is 5.08. The standard InChI is InChI=1S/C19H22N4O4S2/c1-4-27-15-9-7-10-16-18(15)21-19(28-16)23(12-14-8-5-6-11-20-14)17(24)13-22(2)29(3,25)26/h5-11H,4,12-13H2,1-3H3. The first-order valence-corrected chi connectivity index (χ1v) is 11.6. The predicted octanol–water partition coefficient (Wildman–Crippen LogP) is 2.51. The van der Waals surface area contributed by atoms with Gasteiger partial charge in [-0.05, 0) is 31.2 Å². The van der Waals surface area contributed by atoms with Gasteiger partial charge in [0.05, 0.1) is 36.3 Å². The van der Waals surface area contributed by atoms with Gasteiger partial charge in [-0.2, -0.15) is 4.31 Å². The molecule has 0 unspecified atom stereocenters. The second-order valence-electron chi connectivity index (χ2n) is 6.35. The molecule has 0 fully saturated rings. The van der Waals surface area contributed by atoms with Gasteiger partial charge in [-0.25, -0.2) is 13.4 Å². The number of hydrogen-bond acceptors (Lipinski definition) is 7. The maximum atomic E-state index is 13.0. The van der Waals surface area contributed by atoms with Crippen LogP contribution in [0.3, 0.4) is 0 Å². The van der Waals surface area contributed by atoms with Crippen LogP contribution in [0, 0.1) is 0 Å². The molecule has 154 valence electrons. The summed E-state index contributed by atoms with van der Waals surface area (Å²) >= 11 is 1.35. The molecule has 29 heavy (non-hydrogen) atoms. The molecular weight excluding hydrogens is 412 g/mol. The minimum atomic E-state index is -3.49. The Hall–Kier alpha value is -2.56. The number of rotatable bonds is 8. The molecule has 10 heteroatoms. The lowest BCUT2D eigenvalue weighted by molar-refractivity contribution is -0.118. The van der Waals surface area contributed by atoms with Crippen molar-refractivity contribution in [3.05, 3.63) is 48.3 Å². The molecule has 8 nitrogen and oxygen atoms in total. The normalized spacial score (nSPS) is 11.7. The summed E-state index contributed by atoms with van der Waals surface area (Å²) in [6, 6.07) is 11.0. The van der Waals surface area contributed by atoms with E-state index in [4.69, 9.17) is 4.74 Å². The van der Waals surface area contributed by atoms with E-state index in [9.17, 15) is 13.2 Å². The van der Waals surface area contributed by atoms with Crippen LogP contribution in [0.25, 0.3) is 10.2 Å². The average molecular weight is 435 g/mol. The number of sulfonamides is 1. The van der Waals surface area contributed by atoms with E-state index in [0.717, 1.165) is 15.3 Å². The van der Waals surface area contributed by atoms with Gasteiger partial charge in [0.15, 0.2) is 5.13 Å². The smallest absolute Gasteiger partial charge is 0.244 e. The number of likely N-dealkylation sites (N-methyl/N-ethyl adjacent to an activating group) is 1. The van der Waals surface area contributed by atoms with Crippen molar-refractivity contribution in [3.63, 3.8) is 0 Å². The summed E-state index contributed by atoms with van der Waals surface area (Å²) in [5.74, 6) is 0.256. The van der Waals surface area contributed by atoms with E-state index in [2.05, 4.69) is 9.97 Å². The zero-order chi connectivity index (χ0) is 21.0. The zero-order valence-corrected chi connectivity index (χ0v) is 18.0. The van der Waals surface area contributed by atoms with Crippen LogP contribution >= 0.6 is 11.3 Å². The Morgan fingerprint density at radius 3 is 2.66 bits per heavy atom. The highest BCUT2D eigenvalue weighted by Crippen LogP contribution is 2.34. The van der Waals surface area contributed by atoms with E-state index in [1.165, 1.54) is 23.3 Å². The first-order chi connectivity index (χ1) is 13.8. The summed E-state index contributed by atoms with van der Waals surface area (Å²) in [6.45, 7) is 2.28. The number of nitrogens with zero attached hydrogens (tertiary/aromatic N) is 4. The molecule has 1 amide bonds. The highest BCUT2D eigenvalue weighted by Gasteiger charge is 2.25. The van der Waals surface area contributed by atoms with Gasteiger partial charge >= 0.3 is 0 Å². The van der Waals surface area contributed by atoms with Crippen LogP contribution in [0.1, 0.15) is 12.6 Å². The van der Waals surface area contributed by atoms with E-state index >= 15 is 0 Å². The van der Waals surface area contributed by atoms with E-state index in [-0.39, 0.29) is 19.0 Å². The molecule has 0 saturated heterocycles.